The summed E-state index contributed by atoms with van der Waals surface area (Å²) in [7, 11) is 0. The van der Waals surface area contributed by atoms with Gasteiger partial charge in [-0.2, -0.15) is 0 Å². The minimum absolute atomic E-state index is 0.837. The number of rotatable bonds is 4. The van der Waals surface area contributed by atoms with Gasteiger partial charge in [-0.1, -0.05) is 0 Å². The van der Waals surface area contributed by atoms with E-state index in [1.165, 1.54) is 13.1 Å². The van der Waals surface area contributed by atoms with Gasteiger partial charge in [0, 0.05) is 31.6 Å². The normalized spacial score (nSPS) is 17.7. The highest BCUT2D eigenvalue weighted by Crippen LogP contribution is 2.02. The minimum Gasteiger partial charge on any atom is -0.316 e. The minimum atomic E-state index is 0.837. The van der Waals surface area contributed by atoms with Gasteiger partial charge >= 0.3 is 0 Å². The van der Waals surface area contributed by atoms with Crippen molar-refractivity contribution in [2.75, 3.05) is 19.6 Å². The Morgan fingerprint density at radius 2 is 2.58 bits per heavy atom. The Bertz CT molecular complexity index is 218. The Morgan fingerprint density at radius 1 is 1.67 bits per heavy atom. The Hall–Kier alpha value is -0.450. The van der Waals surface area contributed by atoms with E-state index in [0.29, 0.717) is 0 Å². The third-order valence-corrected chi connectivity index (χ3v) is 2.72. The quantitative estimate of drug-likeness (QED) is 0.712. The van der Waals surface area contributed by atoms with E-state index in [0.717, 1.165) is 24.7 Å². The maximum Gasteiger partial charge on any atom is 0.0795 e. The van der Waals surface area contributed by atoms with E-state index >= 15 is 0 Å². The highest BCUT2D eigenvalue weighted by Gasteiger charge is 2.15. The number of nitrogens with one attached hydrogen (secondary N) is 2. The van der Waals surface area contributed by atoms with Gasteiger partial charge in [0.05, 0.1) is 11.2 Å². The fourth-order valence-electron chi connectivity index (χ4n) is 1.22. The van der Waals surface area contributed by atoms with Crippen LogP contribution >= 0.6 is 11.3 Å². The first-order valence-electron chi connectivity index (χ1n) is 4.23. The lowest BCUT2D eigenvalue weighted by molar-refractivity contribution is 0.331. The zero-order valence-electron chi connectivity index (χ0n) is 6.92. The average molecular weight is 183 g/mol. The molecule has 4 heteroatoms. The lowest BCUT2D eigenvalue weighted by Gasteiger charge is -2.27. The van der Waals surface area contributed by atoms with Gasteiger partial charge in [0.25, 0.3) is 0 Å². The van der Waals surface area contributed by atoms with Gasteiger partial charge in [-0.05, 0) is 5.92 Å². The zero-order chi connectivity index (χ0) is 8.23. The van der Waals surface area contributed by atoms with Crippen LogP contribution in [0.4, 0.5) is 0 Å². The molecule has 0 radical (unpaired) electrons. The van der Waals surface area contributed by atoms with Crippen molar-refractivity contribution in [2.24, 2.45) is 5.92 Å². The summed E-state index contributed by atoms with van der Waals surface area (Å²) < 4.78 is 0. The van der Waals surface area contributed by atoms with Crippen molar-refractivity contribution in [3.63, 3.8) is 0 Å². The number of aromatic nitrogens is 1. The molecular formula is C8H13N3S. The molecule has 2 heterocycles. The maximum atomic E-state index is 4.20. The number of hydrogen-bond donors (Lipinski definition) is 2. The Morgan fingerprint density at radius 3 is 3.17 bits per heavy atom. The topological polar surface area (TPSA) is 37.0 Å². The van der Waals surface area contributed by atoms with Crippen LogP contribution < -0.4 is 10.6 Å². The predicted octanol–water partition coefficient (Wildman–Crippen LogP) is 0.452. The predicted molar refractivity (Wildman–Crippen MR) is 50.2 cm³/mol. The second-order valence-electron chi connectivity index (χ2n) is 3.13. The van der Waals surface area contributed by atoms with Crippen LogP contribution in [-0.2, 0) is 6.54 Å². The zero-order valence-corrected chi connectivity index (χ0v) is 7.73. The molecule has 0 spiro atoms. The lowest BCUT2D eigenvalue weighted by Crippen LogP contribution is -2.47. The van der Waals surface area contributed by atoms with E-state index in [1.807, 2.05) is 5.51 Å². The van der Waals surface area contributed by atoms with Crippen LogP contribution in [0.5, 0.6) is 0 Å². The second-order valence-corrected chi connectivity index (χ2v) is 3.85. The van der Waals surface area contributed by atoms with Crippen LogP contribution in [0.25, 0.3) is 0 Å². The molecule has 2 N–H and O–H groups in total. The van der Waals surface area contributed by atoms with Crippen molar-refractivity contribution in [1.82, 2.24) is 15.6 Å². The molecule has 66 valence electrons. The summed E-state index contributed by atoms with van der Waals surface area (Å²) in [6, 6.07) is 0. The van der Waals surface area contributed by atoms with Gasteiger partial charge < -0.3 is 10.6 Å². The highest BCUT2D eigenvalue weighted by atomic mass is 32.1. The molecule has 0 aliphatic carbocycles. The van der Waals surface area contributed by atoms with E-state index in [2.05, 4.69) is 21.0 Å². The Labute approximate surface area is 76.2 Å². The molecule has 0 amide bonds. The first kappa shape index (κ1) is 8.16. The SMILES string of the molecule is c1nc(CNCC2CNC2)cs1. The first-order chi connectivity index (χ1) is 5.95. The van der Waals surface area contributed by atoms with Gasteiger partial charge in [-0.15, -0.1) is 11.3 Å². The molecule has 1 fully saturated rings. The Kier molecular flexibility index (Phi) is 2.71. The largest absolute Gasteiger partial charge is 0.316 e. The summed E-state index contributed by atoms with van der Waals surface area (Å²) in [5.74, 6) is 0.837. The highest BCUT2D eigenvalue weighted by molar-refractivity contribution is 7.07. The van der Waals surface area contributed by atoms with E-state index in [4.69, 9.17) is 0 Å². The van der Waals surface area contributed by atoms with Crippen molar-refractivity contribution in [2.45, 2.75) is 6.54 Å². The standard InChI is InChI=1S/C8H13N3S/c1-7(2-9-1)3-10-4-8-5-12-6-11-8/h5-7,9-10H,1-4H2. The fraction of sp³-hybridized carbons (Fsp3) is 0.625. The lowest BCUT2D eigenvalue weighted by atomic mass is 10.0. The molecule has 1 aliphatic rings. The maximum absolute atomic E-state index is 4.20. The van der Waals surface area contributed by atoms with Crippen molar-refractivity contribution >= 4 is 11.3 Å². The molecule has 1 aromatic rings. The average Bonchev–Trinajstić information content (AvgIpc) is 2.46. The van der Waals surface area contributed by atoms with Crippen LogP contribution in [0.3, 0.4) is 0 Å². The number of thiazole rings is 1. The molecule has 2 rings (SSSR count). The summed E-state index contributed by atoms with van der Waals surface area (Å²) in [4.78, 5) is 4.20. The van der Waals surface area contributed by atoms with E-state index < -0.39 is 0 Å². The third-order valence-electron chi connectivity index (χ3n) is 2.09. The summed E-state index contributed by atoms with van der Waals surface area (Å²) in [6.45, 7) is 4.37. The van der Waals surface area contributed by atoms with E-state index in [1.54, 1.807) is 11.3 Å². The van der Waals surface area contributed by atoms with E-state index in [9.17, 15) is 0 Å². The van der Waals surface area contributed by atoms with Gasteiger partial charge in [-0.25, -0.2) is 4.98 Å². The molecule has 1 saturated heterocycles. The molecular weight excluding hydrogens is 170 g/mol. The monoisotopic (exact) mass is 183 g/mol. The Balaban J connectivity index is 1.62. The number of nitrogens with zero attached hydrogens (tertiary/aromatic N) is 1. The molecule has 12 heavy (non-hydrogen) atoms. The summed E-state index contributed by atoms with van der Waals surface area (Å²) in [6.07, 6.45) is 0. The van der Waals surface area contributed by atoms with Crippen LogP contribution in [0.1, 0.15) is 5.69 Å². The van der Waals surface area contributed by atoms with Crippen molar-refractivity contribution in [1.29, 1.82) is 0 Å². The first-order valence-corrected chi connectivity index (χ1v) is 5.18. The molecule has 0 unspecified atom stereocenters. The fourth-order valence-corrected chi connectivity index (χ4v) is 1.78. The van der Waals surface area contributed by atoms with Gasteiger partial charge in [0.15, 0.2) is 0 Å². The van der Waals surface area contributed by atoms with Crippen molar-refractivity contribution in [3.05, 3.63) is 16.6 Å². The molecule has 0 aromatic carbocycles. The summed E-state index contributed by atoms with van der Waals surface area (Å²) in [5.41, 5.74) is 3.04. The van der Waals surface area contributed by atoms with Gasteiger partial charge in [-0.3, -0.25) is 0 Å². The van der Waals surface area contributed by atoms with Crippen molar-refractivity contribution < 1.29 is 0 Å². The second kappa shape index (κ2) is 3.98. The third kappa shape index (κ3) is 2.03. The number of hydrogen-bond acceptors (Lipinski definition) is 4. The summed E-state index contributed by atoms with van der Waals surface area (Å²) >= 11 is 1.65. The summed E-state index contributed by atoms with van der Waals surface area (Å²) in [5, 5.41) is 8.73. The van der Waals surface area contributed by atoms with Crippen molar-refractivity contribution in [3.8, 4) is 0 Å². The molecule has 1 aliphatic heterocycles. The van der Waals surface area contributed by atoms with Gasteiger partial charge in [0.1, 0.15) is 0 Å². The smallest absolute Gasteiger partial charge is 0.0795 e. The molecule has 1 aromatic heterocycles. The molecule has 0 saturated carbocycles. The van der Waals surface area contributed by atoms with Crippen LogP contribution in [-0.4, -0.2) is 24.6 Å². The van der Waals surface area contributed by atoms with Crippen LogP contribution in [0, 0.1) is 5.92 Å². The van der Waals surface area contributed by atoms with Crippen LogP contribution in [0.2, 0.25) is 0 Å². The van der Waals surface area contributed by atoms with E-state index in [-0.39, 0.29) is 0 Å². The van der Waals surface area contributed by atoms with Crippen LogP contribution in [0.15, 0.2) is 10.9 Å². The van der Waals surface area contributed by atoms with Gasteiger partial charge in [0.2, 0.25) is 0 Å². The molecule has 0 atom stereocenters. The molecule has 3 nitrogen and oxygen atoms in total. The molecule has 0 bridgehead atoms.